The Bertz CT molecular complexity index is 1320. The van der Waals surface area contributed by atoms with Gasteiger partial charge in [0.15, 0.2) is 0 Å². The van der Waals surface area contributed by atoms with Gasteiger partial charge in [-0.2, -0.15) is 4.98 Å². The third-order valence-electron chi connectivity index (χ3n) is 6.36. The van der Waals surface area contributed by atoms with Crippen LogP contribution in [-0.4, -0.2) is 55.3 Å². The van der Waals surface area contributed by atoms with Crippen LogP contribution in [0.25, 0.3) is 22.4 Å². The average Bonchev–Trinajstić information content (AvgIpc) is 2.96. The molecule has 38 heavy (non-hydrogen) atoms. The topological polar surface area (TPSA) is 94.8 Å². The predicted molar refractivity (Wildman–Crippen MR) is 153 cm³/mol. The smallest absolute Gasteiger partial charge is 0.222 e. The van der Waals surface area contributed by atoms with Crippen LogP contribution in [-0.2, 0) is 0 Å². The number of nitrogens with two attached hydrogens (primary N) is 1. The first-order valence-electron chi connectivity index (χ1n) is 12.7. The highest BCUT2D eigenvalue weighted by molar-refractivity contribution is 5.91. The van der Waals surface area contributed by atoms with Crippen LogP contribution < -0.4 is 25.3 Å². The maximum absolute atomic E-state index is 6.22. The Morgan fingerprint density at radius 3 is 2.11 bits per heavy atom. The lowest BCUT2D eigenvalue weighted by Crippen LogP contribution is -2.27. The lowest BCUT2D eigenvalue weighted by Gasteiger charge is -2.19. The summed E-state index contributed by atoms with van der Waals surface area (Å²) in [6.07, 6.45) is 0. The van der Waals surface area contributed by atoms with Crippen molar-refractivity contribution in [3.8, 4) is 39.6 Å². The van der Waals surface area contributed by atoms with E-state index in [0.29, 0.717) is 23.9 Å². The molecule has 4 aromatic rings. The zero-order valence-corrected chi connectivity index (χ0v) is 22.4. The van der Waals surface area contributed by atoms with E-state index < -0.39 is 0 Å². The Kier molecular flexibility index (Phi) is 9.00. The van der Waals surface area contributed by atoms with E-state index in [4.69, 9.17) is 19.9 Å². The molecule has 0 atom stereocenters. The van der Waals surface area contributed by atoms with Gasteiger partial charge in [-0.05, 0) is 67.2 Å². The van der Waals surface area contributed by atoms with E-state index in [9.17, 15) is 0 Å². The Morgan fingerprint density at radius 2 is 1.45 bits per heavy atom. The van der Waals surface area contributed by atoms with Gasteiger partial charge in [0.25, 0.3) is 0 Å². The molecule has 3 N–H and O–H groups in total. The van der Waals surface area contributed by atoms with Gasteiger partial charge in [-0.25, -0.2) is 4.98 Å². The fourth-order valence-corrected chi connectivity index (χ4v) is 4.23. The minimum absolute atomic E-state index is 0.161. The van der Waals surface area contributed by atoms with E-state index >= 15 is 0 Å². The normalized spacial score (nSPS) is 10.9. The molecule has 3 aromatic carbocycles. The third kappa shape index (κ3) is 6.33. The quantitative estimate of drug-likeness (QED) is 0.243. The number of nitrogen functional groups attached to an aromatic ring is 1. The van der Waals surface area contributed by atoms with Crippen molar-refractivity contribution in [1.29, 1.82) is 0 Å². The molecule has 1 heterocycles. The molecule has 198 valence electrons. The van der Waals surface area contributed by atoms with Gasteiger partial charge in [-0.15, -0.1) is 0 Å². The zero-order valence-electron chi connectivity index (χ0n) is 22.4. The summed E-state index contributed by atoms with van der Waals surface area (Å²) in [6.45, 7) is 7.84. The second-order valence-electron chi connectivity index (χ2n) is 8.61. The van der Waals surface area contributed by atoms with Crippen molar-refractivity contribution in [1.82, 2.24) is 14.9 Å². The highest BCUT2D eigenvalue weighted by Crippen LogP contribution is 2.39. The molecule has 0 amide bonds. The van der Waals surface area contributed by atoms with Crippen LogP contribution in [0.4, 0.5) is 17.5 Å². The molecule has 0 saturated carbocycles. The van der Waals surface area contributed by atoms with Crippen molar-refractivity contribution in [2.75, 3.05) is 51.5 Å². The van der Waals surface area contributed by atoms with Gasteiger partial charge >= 0.3 is 0 Å². The van der Waals surface area contributed by atoms with Gasteiger partial charge in [0.1, 0.15) is 29.7 Å². The van der Waals surface area contributed by atoms with E-state index in [1.165, 1.54) is 0 Å². The molecule has 0 bridgehead atoms. The highest BCUT2D eigenvalue weighted by Gasteiger charge is 2.19. The summed E-state index contributed by atoms with van der Waals surface area (Å²) < 4.78 is 16.9. The van der Waals surface area contributed by atoms with Gasteiger partial charge < -0.3 is 30.2 Å². The number of nitrogens with zero attached hydrogens (tertiary/aromatic N) is 3. The van der Waals surface area contributed by atoms with Crippen molar-refractivity contribution >= 4 is 17.5 Å². The predicted octanol–water partition coefficient (Wildman–Crippen LogP) is 5.87. The van der Waals surface area contributed by atoms with Crippen molar-refractivity contribution < 1.29 is 14.2 Å². The molecular weight excluding hydrogens is 478 g/mol. The average molecular weight is 514 g/mol. The van der Waals surface area contributed by atoms with E-state index in [2.05, 4.69) is 34.0 Å². The number of nitrogens with one attached hydrogen (secondary N) is 1. The maximum Gasteiger partial charge on any atom is 0.222 e. The SMILES string of the molecule is CCN(CC)CCOc1ccc(-c2nc(N)nc(Nc3ccccc3OC)c2-c2ccc(OC)cc2)cc1. The molecule has 0 unspecified atom stereocenters. The lowest BCUT2D eigenvalue weighted by atomic mass is 9.99. The summed E-state index contributed by atoms with van der Waals surface area (Å²) in [6, 6.07) is 23.4. The van der Waals surface area contributed by atoms with Crippen LogP contribution >= 0.6 is 0 Å². The standard InChI is InChI=1S/C30H35N5O3/c1-5-35(6-2)19-20-38-24-17-13-22(14-18-24)28-27(21-11-15-23(36-3)16-12-21)29(34-30(31)33-28)32-25-9-7-8-10-26(25)37-4/h7-18H,5-6,19-20H2,1-4H3,(H3,31,32,33,34). The first kappa shape index (κ1) is 26.8. The van der Waals surface area contributed by atoms with E-state index in [-0.39, 0.29) is 5.95 Å². The van der Waals surface area contributed by atoms with Crippen LogP contribution in [0.5, 0.6) is 17.2 Å². The molecule has 0 aliphatic rings. The van der Waals surface area contributed by atoms with Crippen molar-refractivity contribution in [3.63, 3.8) is 0 Å². The van der Waals surface area contributed by atoms with E-state index in [1.807, 2.05) is 72.8 Å². The molecular formula is C30H35N5O3. The number of likely N-dealkylation sites (N-methyl/N-ethyl adjacent to an activating group) is 1. The number of hydrogen-bond donors (Lipinski definition) is 2. The molecule has 8 heteroatoms. The molecule has 1 aromatic heterocycles. The Hall–Kier alpha value is -4.30. The number of hydrogen-bond acceptors (Lipinski definition) is 8. The molecule has 0 radical (unpaired) electrons. The lowest BCUT2D eigenvalue weighted by molar-refractivity contribution is 0.223. The number of benzene rings is 3. The number of methoxy groups -OCH3 is 2. The van der Waals surface area contributed by atoms with Crippen LogP contribution in [0.3, 0.4) is 0 Å². The number of ether oxygens (including phenoxy) is 3. The summed E-state index contributed by atoms with van der Waals surface area (Å²) >= 11 is 0. The van der Waals surface area contributed by atoms with Crippen LogP contribution in [0.15, 0.2) is 72.8 Å². The third-order valence-corrected chi connectivity index (χ3v) is 6.36. The van der Waals surface area contributed by atoms with Gasteiger partial charge in [-0.3, -0.25) is 0 Å². The molecule has 0 spiro atoms. The first-order valence-corrected chi connectivity index (χ1v) is 12.7. The van der Waals surface area contributed by atoms with Gasteiger partial charge in [0, 0.05) is 12.1 Å². The van der Waals surface area contributed by atoms with Gasteiger partial charge in [0.2, 0.25) is 5.95 Å². The molecule has 8 nitrogen and oxygen atoms in total. The summed E-state index contributed by atoms with van der Waals surface area (Å²) in [5, 5.41) is 3.41. The van der Waals surface area contributed by atoms with Crippen molar-refractivity contribution in [2.45, 2.75) is 13.8 Å². The molecule has 0 fully saturated rings. The van der Waals surface area contributed by atoms with Crippen LogP contribution in [0.1, 0.15) is 13.8 Å². The highest BCUT2D eigenvalue weighted by atomic mass is 16.5. The number of rotatable bonds is 12. The molecule has 4 rings (SSSR count). The second kappa shape index (κ2) is 12.8. The molecule has 0 aliphatic heterocycles. The second-order valence-corrected chi connectivity index (χ2v) is 8.61. The number of para-hydroxylation sites is 2. The fourth-order valence-electron chi connectivity index (χ4n) is 4.23. The number of anilines is 3. The minimum Gasteiger partial charge on any atom is -0.497 e. The number of aromatic nitrogens is 2. The maximum atomic E-state index is 6.22. The zero-order chi connectivity index (χ0) is 26.9. The summed E-state index contributed by atoms with van der Waals surface area (Å²) in [4.78, 5) is 11.6. The summed E-state index contributed by atoms with van der Waals surface area (Å²) in [5.74, 6) is 2.99. The minimum atomic E-state index is 0.161. The Balaban J connectivity index is 1.73. The monoisotopic (exact) mass is 513 g/mol. The van der Waals surface area contributed by atoms with Crippen LogP contribution in [0, 0.1) is 0 Å². The van der Waals surface area contributed by atoms with E-state index in [1.54, 1.807) is 14.2 Å². The molecule has 0 saturated heterocycles. The van der Waals surface area contributed by atoms with Gasteiger partial charge in [-0.1, -0.05) is 38.1 Å². The summed E-state index contributed by atoms with van der Waals surface area (Å²) in [5.41, 5.74) is 10.3. The summed E-state index contributed by atoms with van der Waals surface area (Å²) in [7, 11) is 3.28. The molecule has 0 aliphatic carbocycles. The largest absolute Gasteiger partial charge is 0.497 e. The van der Waals surface area contributed by atoms with Gasteiger partial charge in [0.05, 0.1) is 31.2 Å². The fraction of sp³-hybridized carbons (Fsp3) is 0.267. The Labute approximate surface area is 224 Å². The van der Waals surface area contributed by atoms with Crippen LogP contribution in [0.2, 0.25) is 0 Å². The van der Waals surface area contributed by atoms with Crippen molar-refractivity contribution in [3.05, 3.63) is 72.8 Å². The first-order chi connectivity index (χ1) is 18.6. The van der Waals surface area contributed by atoms with E-state index in [0.717, 1.165) is 53.5 Å². The van der Waals surface area contributed by atoms with Crippen molar-refractivity contribution in [2.24, 2.45) is 0 Å². The Morgan fingerprint density at radius 1 is 0.789 bits per heavy atom.